The number of hydrogen-bond donors (Lipinski definition) is 3. The van der Waals surface area contributed by atoms with E-state index in [9.17, 15) is 4.21 Å². The van der Waals surface area contributed by atoms with Crippen molar-refractivity contribution in [1.82, 2.24) is 9.97 Å². The lowest BCUT2D eigenvalue weighted by molar-refractivity contribution is 0.349. The first-order valence-electron chi connectivity index (χ1n) is 9.00. The van der Waals surface area contributed by atoms with Crippen LogP contribution in [-0.4, -0.2) is 41.8 Å². The van der Waals surface area contributed by atoms with Crippen LogP contribution in [0, 0.1) is 0 Å². The fraction of sp³-hybridized carbons (Fsp3) is 0.200. The highest BCUT2D eigenvalue weighted by Crippen LogP contribution is 2.39. The highest BCUT2D eigenvalue weighted by atomic mass is 79.9. The molecule has 3 rings (SSSR count). The fourth-order valence-corrected chi connectivity index (χ4v) is 3.50. The molecule has 3 aromatic rings. The molecule has 0 radical (unpaired) electrons. The van der Waals surface area contributed by atoms with Crippen LogP contribution in [0.25, 0.3) is 0 Å². The third kappa shape index (κ3) is 5.56. The normalized spacial score (nSPS) is 11.4. The molecule has 31 heavy (non-hydrogen) atoms. The number of halogens is 1. The summed E-state index contributed by atoms with van der Waals surface area (Å²) in [5, 5.41) is 6.37. The van der Waals surface area contributed by atoms with E-state index in [1.165, 1.54) is 0 Å². The van der Waals surface area contributed by atoms with Crippen molar-refractivity contribution in [2.75, 3.05) is 42.9 Å². The number of nitrogens with one attached hydrogen (secondary N) is 3. The molecule has 0 fully saturated rings. The van der Waals surface area contributed by atoms with Gasteiger partial charge in [-0.3, -0.25) is 0 Å². The summed E-state index contributed by atoms with van der Waals surface area (Å²) >= 11 is 3.46. The largest absolute Gasteiger partial charge is 0.494 e. The van der Waals surface area contributed by atoms with Gasteiger partial charge in [0.25, 0.3) is 0 Å². The first kappa shape index (κ1) is 22.6. The molecule has 0 aliphatic rings. The molecular formula is C20H22BrN5O4S. The maximum Gasteiger partial charge on any atom is 0.229 e. The predicted molar refractivity (Wildman–Crippen MR) is 127 cm³/mol. The third-order valence-corrected chi connectivity index (χ3v) is 5.22. The zero-order chi connectivity index (χ0) is 22.4. The maximum absolute atomic E-state index is 11.6. The molecule has 0 saturated heterocycles. The summed E-state index contributed by atoms with van der Waals surface area (Å²) in [7, 11) is 3.46. The Hall–Kier alpha value is -3.05. The van der Waals surface area contributed by atoms with Gasteiger partial charge in [-0.1, -0.05) is 12.1 Å². The van der Waals surface area contributed by atoms with Crippen LogP contribution in [0.15, 0.2) is 47.1 Å². The van der Waals surface area contributed by atoms with Crippen molar-refractivity contribution in [3.8, 4) is 17.2 Å². The van der Waals surface area contributed by atoms with Gasteiger partial charge in [-0.25, -0.2) is 9.19 Å². The lowest BCUT2D eigenvalue weighted by Gasteiger charge is -2.16. The van der Waals surface area contributed by atoms with Gasteiger partial charge in [0.15, 0.2) is 11.5 Å². The minimum atomic E-state index is -1.21. The monoisotopic (exact) mass is 507 g/mol. The Morgan fingerprint density at radius 2 is 1.55 bits per heavy atom. The Kier molecular flexibility index (Phi) is 7.53. The summed E-state index contributed by atoms with van der Waals surface area (Å²) in [6, 6.07) is 10.9. The molecule has 0 aliphatic heterocycles. The second kappa shape index (κ2) is 10.3. The average molecular weight is 508 g/mol. The summed E-state index contributed by atoms with van der Waals surface area (Å²) in [4.78, 5) is 8.86. The van der Waals surface area contributed by atoms with Crippen LogP contribution >= 0.6 is 15.9 Å². The molecule has 1 aromatic heterocycles. The molecule has 0 bridgehead atoms. The minimum absolute atomic E-state index is 0.334. The molecule has 1 unspecified atom stereocenters. The molecule has 164 valence electrons. The SMILES string of the molecule is COc1cc(OC)c(OC)cc1Nc1ncc(Br)c(Nc2ccccc2NS(C)=O)n1. The number of hydrogen-bond acceptors (Lipinski definition) is 8. The number of anilines is 5. The van der Waals surface area contributed by atoms with E-state index in [-0.39, 0.29) is 0 Å². The number of aromatic nitrogens is 2. The van der Waals surface area contributed by atoms with Crippen LogP contribution < -0.4 is 29.6 Å². The van der Waals surface area contributed by atoms with Gasteiger partial charge in [-0.2, -0.15) is 4.98 Å². The van der Waals surface area contributed by atoms with E-state index in [1.807, 2.05) is 24.3 Å². The van der Waals surface area contributed by atoms with Gasteiger partial charge in [0.2, 0.25) is 5.95 Å². The van der Waals surface area contributed by atoms with Crippen molar-refractivity contribution < 1.29 is 18.4 Å². The highest BCUT2D eigenvalue weighted by Gasteiger charge is 2.14. The highest BCUT2D eigenvalue weighted by molar-refractivity contribution is 9.10. The number of rotatable bonds is 9. The third-order valence-electron chi connectivity index (χ3n) is 4.13. The van der Waals surface area contributed by atoms with Crippen molar-refractivity contribution in [1.29, 1.82) is 0 Å². The lowest BCUT2D eigenvalue weighted by atomic mass is 10.2. The first-order valence-corrected chi connectivity index (χ1v) is 11.4. The van der Waals surface area contributed by atoms with Crippen molar-refractivity contribution >= 4 is 55.7 Å². The summed E-state index contributed by atoms with van der Waals surface area (Å²) < 4.78 is 31.3. The minimum Gasteiger partial charge on any atom is -0.494 e. The average Bonchev–Trinajstić information content (AvgIpc) is 2.76. The number of methoxy groups -OCH3 is 3. The number of ether oxygens (including phenoxy) is 3. The van der Waals surface area contributed by atoms with E-state index in [2.05, 4.69) is 41.3 Å². The quantitative estimate of drug-likeness (QED) is 0.389. The molecule has 1 heterocycles. The Labute approximate surface area is 191 Å². The topological polar surface area (TPSA) is 107 Å². The molecule has 0 aliphatic carbocycles. The van der Waals surface area contributed by atoms with Gasteiger partial charge < -0.3 is 29.6 Å². The van der Waals surface area contributed by atoms with Gasteiger partial charge in [0.1, 0.15) is 22.6 Å². The second-order valence-electron chi connectivity index (χ2n) is 6.15. The molecule has 0 amide bonds. The van der Waals surface area contributed by atoms with E-state index in [0.29, 0.717) is 50.5 Å². The first-order chi connectivity index (χ1) is 14.9. The van der Waals surface area contributed by atoms with Crippen LogP contribution in [0.4, 0.5) is 28.8 Å². The summed E-state index contributed by atoms with van der Waals surface area (Å²) in [6.45, 7) is 0. The van der Waals surface area contributed by atoms with Gasteiger partial charge in [0.05, 0.1) is 42.9 Å². The smallest absolute Gasteiger partial charge is 0.229 e. The van der Waals surface area contributed by atoms with Gasteiger partial charge in [0, 0.05) is 24.6 Å². The Bertz CT molecular complexity index is 1100. The molecular weight excluding hydrogens is 486 g/mol. The second-order valence-corrected chi connectivity index (χ2v) is 8.12. The Morgan fingerprint density at radius 3 is 2.19 bits per heavy atom. The van der Waals surface area contributed by atoms with E-state index in [1.54, 1.807) is 45.9 Å². The Morgan fingerprint density at radius 1 is 0.903 bits per heavy atom. The van der Waals surface area contributed by atoms with Crippen molar-refractivity contribution in [3.05, 3.63) is 47.1 Å². The zero-order valence-electron chi connectivity index (χ0n) is 17.4. The van der Waals surface area contributed by atoms with Crippen LogP contribution in [0.3, 0.4) is 0 Å². The molecule has 2 aromatic carbocycles. The van der Waals surface area contributed by atoms with Gasteiger partial charge in [-0.15, -0.1) is 0 Å². The van der Waals surface area contributed by atoms with E-state index in [0.717, 1.165) is 0 Å². The van der Waals surface area contributed by atoms with Crippen LogP contribution in [-0.2, 0) is 11.0 Å². The fourth-order valence-electron chi connectivity index (χ4n) is 2.73. The lowest BCUT2D eigenvalue weighted by Crippen LogP contribution is -2.06. The van der Waals surface area contributed by atoms with Crippen LogP contribution in [0.2, 0.25) is 0 Å². The van der Waals surface area contributed by atoms with E-state index in [4.69, 9.17) is 14.2 Å². The van der Waals surface area contributed by atoms with E-state index >= 15 is 0 Å². The van der Waals surface area contributed by atoms with Gasteiger partial charge >= 0.3 is 0 Å². The molecule has 3 N–H and O–H groups in total. The van der Waals surface area contributed by atoms with Crippen molar-refractivity contribution in [2.45, 2.75) is 0 Å². The van der Waals surface area contributed by atoms with Crippen molar-refractivity contribution in [3.63, 3.8) is 0 Å². The summed E-state index contributed by atoms with van der Waals surface area (Å²) in [5.41, 5.74) is 2.01. The molecule has 9 nitrogen and oxygen atoms in total. The molecule has 0 saturated carbocycles. The summed E-state index contributed by atoms with van der Waals surface area (Å²) in [5.74, 6) is 2.47. The number of benzene rings is 2. The van der Waals surface area contributed by atoms with Gasteiger partial charge in [-0.05, 0) is 28.1 Å². The number of para-hydroxylation sites is 2. The summed E-state index contributed by atoms with van der Waals surface area (Å²) in [6.07, 6.45) is 3.19. The molecule has 0 spiro atoms. The predicted octanol–water partition coefficient (Wildman–Crippen LogP) is 4.46. The maximum atomic E-state index is 11.6. The van der Waals surface area contributed by atoms with Crippen LogP contribution in [0.1, 0.15) is 0 Å². The number of nitrogens with zero attached hydrogens (tertiary/aromatic N) is 2. The Balaban J connectivity index is 1.92. The standard InChI is InChI=1S/C20H22BrN5O4S/c1-28-16-10-18(30-3)17(29-2)9-15(16)24-20-22-11-12(21)19(25-20)23-13-7-5-6-8-14(13)26-31(4)27/h5-11,26H,1-4H3,(H2,22,23,24,25). The van der Waals surface area contributed by atoms with E-state index < -0.39 is 11.0 Å². The van der Waals surface area contributed by atoms with Crippen LogP contribution in [0.5, 0.6) is 17.2 Å². The molecule has 1 atom stereocenters. The molecule has 11 heteroatoms. The zero-order valence-corrected chi connectivity index (χ0v) is 19.8. The van der Waals surface area contributed by atoms with Crippen molar-refractivity contribution in [2.24, 2.45) is 0 Å².